The third-order valence-corrected chi connectivity index (χ3v) is 5.56. The Morgan fingerprint density at radius 3 is 2.62 bits per heavy atom. The van der Waals surface area contributed by atoms with Gasteiger partial charge in [-0.3, -0.25) is 0 Å². The molecule has 0 bridgehead atoms. The lowest BCUT2D eigenvalue weighted by molar-refractivity contribution is -0.187. The minimum absolute atomic E-state index is 0.134. The molecule has 5 heteroatoms. The zero-order valence-corrected chi connectivity index (χ0v) is 14.5. The van der Waals surface area contributed by atoms with Crippen LogP contribution >= 0.6 is 0 Å². The average Bonchev–Trinajstić information content (AvgIpc) is 3.05. The topological polar surface area (TPSA) is 58.9 Å². The van der Waals surface area contributed by atoms with Crippen molar-refractivity contribution in [2.45, 2.75) is 36.6 Å². The highest BCUT2D eigenvalue weighted by molar-refractivity contribution is 5.33. The third-order valence-electron chi connectivity index (χ3n) is 5.56. The molecule has 0 aromatic heterocycles. The third kappa shape index (κ3) is 3.16. The Morgan fingerprint density at radius 2 is 1.85 bits per heavy atom. The van der Waals surface area contributed by atoms with Crippen LogP contribution in [0.4, 0.5) is 4.39 Å². The van der Waals surface area contributed by atoms with Crippen LogP contribution in [0.15, 0.2) is 48.5 Å². The Morgan fingerprint density at radius 1 is 1.08 bits per heavy atom. The van der Waals surface area contributed by atoms with Gasteiger partial charge in [-0.05, 0) is 35.2 Å². The van der Waals surface area contributed by atoms with E-state index in [9.17, 15) is 14.6 Å². The molecule has 0 saturated carbocycles. The second-order valence-electron chi connectivity index (χ2n) is 7.46. The van der Waals surface area contributed by atoms with Crippen LogP contribution in [0.5, 0.6) is 0 Å². The average molecular weight is 358 g/mol. The quantitative estimate of drug-likeness (QED) is 0.886. The molecule has 2 aromatic carbocycles. The normalized spacial score (nSPS) is 31.4. The van der Waals surface area contributed by atoms with E-state index in [0.29, 0.717) is 37.2 Å². The Kier molecular flexibility index (Phi) is 4.57. The van der Waals surface area contributed by atoms with Crippen molar-refractivity contribution in [3.05, 3.63) is 71.0 Å². The largest absolute Gasteiger partial charge is 0.392 e. The molecule has 2 aliphatic heterocycles. The molecule has 3 atom stereocenters. The van der Waals surface area contributed by atoms with Crippen LogP contribution in [0.25, 0.3) is 0 Å². The highest BCUT2D eigenvalue weighted by atomic mass is 19.1. The van der Waals surface area contributed by atoms with Gasteiger partial charge in [0, 0.05) is 12.3 Å². The Labute approximate surface area is 152 Å². The van der Waals surface area contributed by atoms with E-state index in [1.54, 1.807) is 12.1 Å². The molecular formula is C21H23FO4. The molecule has 138 valence electrons. The summed E-state index contributed by atoms with van der Waals surface area (Å²) in [5.41, 5.74) is 0.649. The first-order valence-electron chi connectivity index (χ1n) is 8.92. The standard InChI is InChI=1S/C21H23FO4/c22-18-7-5-15(6-8-18)17-9-20(26-11-17)12-21(24,14-25-13-20)19-4-2-1-3-16(19)10-23/h1-8,17,23-24H,9-14H2. The molecule has 2 saturated heterocycles. The number of rotatable bonds is 3. The first kappa shape index (κ1) is 17.6. The number of aliphatic hydroxyl groups is 2. The lowest BCUT2D eigenvalue weighted by Crippen LogP contribution is -2.50. The zero-order chi connectivity index (χ0) is 18.2. The summed E-state index contributed by atoms with van der Waals surface area (Å²) in [5.74, 6) is -0.104. The van der Waals surface area contributed by atoms with Crippen molar-refractivity contribution in [1.29, 1.82) is 0 Å². The van der Waals surface area contributed by atoms with Gasteiger partial charge >= 0.3 is 0 Å². The summed E-state index contributed by atoms with van der Waals surface area (Å²) < 4.78 is 25.1. The lowest BCUT2D eigenvalue weighted by atomic mass is 9.76. The first-order chi connectivity index (χ1) is 12.5. The van der Waals surface area contributed by atoms with Crippen LogP contribution in [-0.4, -0.2) is 35.6 Å². The van der Waals surface area contributed by atoms with Crippen LogP contribution in [0.3, 0.4) is 0 Å². The Hall–Kier alpha value is -1.79. The maximum absolute atomic E-state index is 13.2. The van der Waals surface area contributed by atoms with Crippen molar-refractivity contribution in [1.82, 2.24) is 0 Å². The predicted octanol–water partition coefficient (Wildman–Crippen LogP) is 2.87. The van der Waals surface area contributed by atoms with Crippen LogP contribution in [0.1, 0.15) is 35.4 Å². The molecule has 0 aliphatic carbocycles. The van der Waals surface area contributed by atoms with Gasteiger partial charge in [-0.15, -0.1) is 0 Å². The SMILES string of the molecule is OCc1ccccc1C1(O)COCC2(CC(c3ccc(F)cc3)CO2)C1. The zero-order valence-electron chi connectivity index (χ0n) is 14.5. The van der Waals surface area contributed by atoms with Gasteiger partial charge in [-0.25, -0.2) is 4.39 Å². The van der Waals surface area contributed by atoms with Crippen LogP contribution in [0, 0.1) is 5.82 Å². The van der Waals surface area contributed by atoms with Crippen LogP contribution in [0.2, 0.25) is 0 Å². The summed E-state index contributed by atoms with van der Waals surface area (Å²) in [4.78, 5) is 0. The second-order valence-corrected chi connectivity index (χ2v) is 7.46. The molecule has 4 rings (SSSR count). The highest BCUT2D eigenvalue weighted by Crippen LogP contribution is 2.46. The van der Waals surface area contributed by atoms with Crippen LogP contribution in [-0.2, 0) is 21.7 Å². The van der Waals surface area contributed by atoms with E-state index in [-0.39, 0.29) is 24.9 Å². The summed E-state index contributed by atoms with van der Waals surface area (Å²) in [6, 6.07) is 13.8. The molecule has 2 heterocycles. The summed E-state index contributed by atoms with van der Waals surface area (Å²) in [5, 5.41) is 20.9. The van der Waals surface area contributed by atoms with Gasteiger partial charge in [-0.1, -0.05) is 36.4 Å². The molecule has 2 aromatic rings. The van der Waals surface area contributed by atoms with E-state index in [2.05, 4.69) is 0 Å². The maximum Gasteiger partial charge on any atom is 0.123 e. The van der Waals surface area contributed by atoms with Gasteiger partial charge in [-0.2, -0.15) is 0 Å². The predicted molar refractivity (Wildman–Crippen MR) is 94.1 cm³/mol. The maximum atomic E-state index is 13.2. The number of hydrogen-bond acceptors (Lipinski definition) is 4. The van der Waals surface area contributed by atoms with Crippen molar-refractivity contribution in [3.63, 3.8) is 0 Å². The van der Waals surface area contributed by atoms with Gasteiger partial charge < -0.3 is 19.7 Å². The van der Waals surface area contributed by atoms with Crippen molar-refractivity contribution in [2.75, 3.05) is 19.8 Å². The monoisotopic (exact) mass is 358 g/mol. The fraction of sp³-hybridized carbons (Fsp3) is 0.429. The van der Waals surface area contributed by atoms with Gasteiger partial charge in [0.05, 0.1) is 32.0 Å². The van der Waals surface area contributed by atoms with E-state index in [4.69, 9.17) is 9.47 Å². The van der Waals surface area contributed by atoms with Crippen molar-refractivity contribution in [2.24, 2.45) is 0 Å². The minimum atomic E-state index is -1.20. The van der Waals surface area contributed by atoms with Crippen molar-refractivity contribution >= 4 is 0 Å². The fourth-order valence-electron chi connectivity index (χ4n) is 4.34. The molecule has 4 nitrogen and oxygen atoms in total. The lowest BCUT2D eigenvalue weighted by Gasteiger charge is -2.43. The number of halogens is 1. The van der Waals surface area contributed by atoms with E-state index in [0.717, 1.165) is 5.56 Å². The first-order valence-corrected chi connectivity index (χ1v) is 8.92. The number of aliphatic hydroxyl groups excluding tert-OH is 1. The van der Waals surface area contributed by atoms with Gasteiger partial charge in [0.25, 0.3) is 0 Å². The number of benzene rings is 2. The molecule has 26 heavy (non-hydrogen) atoms. The van der Waals surface area contributed by atoms with Gasteiger partial charge in [0.2, 0.25) is 0 Å². The summed E-state index contributed by atoms with van der Waals surface area (Å²) >= 11 is 0. The fourth-order valence-corrected chi connectivity index (χ4v) is 4.34. The molecular weight excluding hydrogens is 335 g/mol. The molecule has 1 spiro atoms. The number of ether oxygens (including phenoxy) is 2. The molecule has 2 N–H and O–H groups in total. The second kappa shape index (κ2) is 6.74. The van der Waals surface area contributed by atoms with Crippen molar-refractivity contribution in [3.8, 4) is 0 Å². The van der Waals surface area contributed by atoms with Crippen LogP contribution < -0.4 is 0 Å². The number of hydrogen-bond donors (Lipinski definition) is 2. The summed E-state index contributed by atoms with van der Waals surface area (Å²) in [6.07, 6.45) is 1.12. The van der Waals surface area contributed by atoms with E-state index >= 15 is 0 Å². The Balaban J connectivity index is 1.57. The van der Waals surface area contributed by atoms with E-state index in [1.807, 2.05) is 24.3 Å². The molecule has 3 unspecified atom stereocenters. The van der Waals surface area contributed by atoms with E-state index < -0.39 is 11.2 Å². The van der Waals surface area contributed by atoms with E-state index in [1.165, 1.54) is 12.1 Å². The van der Waals surface area contributed by atoms with Gasteiger partial charge in [0.1, 0.15) is 11.4 Å². The van der Waals surface area contributed by atoms with Crippen molar-refractivity contribution < 1.29 is 24.1 Å². The summed E-state index contributed by atoms with van der Waals surface area (Å²) in [6.45, 7) is 0.988. The minimum Gasteiger partial charge on any atom is -0.392 e. The molecule has 2 fully saturated rings. The molecule has 2 aliphatic rings. The highest BCUT2D eigenvalue weighted by Gasteiger charge is 2.51. The summed E-state index contributed by atoms with van der Waals surface area (Å²) in [7, 11) is 0. The molecule has 0 amide bonds. The molecule has 0 radical (unpaired) electrons. The Bertz CT molecular complexity index is 778. The van der Waals surface area contributed by atoms with Gasteiger partial charge in [0.15, 0.2) is 0 Å². The smallest absolute Gasteiger partial charge is 0.123 e.